The number of benzene rings is 1. The van der Waals surface area contributed by atoms with Gasteiger partial charge in [-0.15, -0.1) is 11.3 Å². The Morgan fingerprint density at radius 2 is 2.15 bits per heavy atom. The van der Waals surface area contributed by atoms with Crippen LogP contribution in [0.1, 0.15) is 23.5 Å². The maximum absolute atomic E-state index is 12.5. The lowest BCUT2D eigenvalue weighted by Crippen LogP contribution is -2.24. The molecule has 6 heteroatoms. The zero-order valence-corrected chi connectivity index (χ0v) is 11.9. The van der Waals surface area contributed by atoms with Crippen LogP contribution in [0.4, 0.5) is 8.78 Å². The number of aromatic nitrogens is 1. The van der Waals surface area contributed by atoms with Crippen LogP contribution in [0, 0.1) is 0 Å². The van der Waals surface area contributed by atoms with Gasteiger partial charge >= 0.3 is 6.61 Å². The summed E-state index contributed by atoms with van der Waals surface area (Å²) in [5.74, 6) is 0.213. The number of rotatable bonds is 7. The Balaban J connectivity index is 2.24. The molecule has 0 aliphatic heterocycles. The Bertz CT molecular complexity index is 520. The van der Waals surface area contributed by atoms with E-state index in [1.54, 1.807) is 35.7 Å². The Hall–Kier alpha value is -1.53. The molecule has 2 aromatic rings. The topological polar surface area (TPSA) is 34.2 Å². The van der Waals surface area contributed by atoms with Crippen LogP contribution in [0.15, 0.2) is 35.8 Å². The second-order valence-corrected chi connectivity index (χ2v) is 5.14. The third-order valence-electron chi connectivity index (χ3n) is 2.82. The molecule has 2 rings (SSSR count). The zero-order valence-electron chi connectivity index (χ0n) is 11.1. The Morgan fingerprint density at radius 3 is 2.80 bits per heavy atom. The summed E-state index contributed by atoms with van der Waals surface area (Å²) in [7, 11) is 0. The van der Waals surface area contributed by atoms with E-state index >= 15 is 0 Å². The molecule has 0 saturated heterocycles. The van der Waals surface area contributed by atoms with Gasteiger partial charge in [0.15, 0.2) is 0 Å². The largest absolute Gasteiger partial charge is 0.434 e. The first-order chi connectivity index (χ1) is 9.70. The lowest BCUT2D eigenvalue weighted by Gasteiger charge is -2.20. The van der Waals surface area contributed by atoms with Crippen LogP contribution in [0.25, 0.3) is 0 Å². The molecule has 108 valence electrons. The number of likely N-dealkylation sites (N-methyl/N-ethyl adjacent to an activating group) is 1. The van der Waals surface area contributed by atoms with Crippen LogP contribution in [0.2, 0.25) is 0 Å². The van der Waals surface area contributed by atoms with Crippen molar-refractivity contribution in [3.8, 4) is 5.75 Å². The summed E-state index contributed by atoms with van der Waals surface area (Å²) in [5, 5.41) is 6.16. The highest BCUT2D eigenvalue weighted by atomic mass is 32.1. The van der Waals surface area contributed by atoms with Crippen LogP contribution < -0.4 is 10.1 Å². The van der Waals surface area contributed by atoms with Gasteiger partial charge in [-0.3, -0.25) is 0 Å². The highest BCUT2D eigenvalue weighted by Crippen LogP contribution is 2.29. The van der Waals surface area contributed by atoms with Crippen molar-refractivity contribution in [2.45, 2.75) is 26.0 Å². The van der Waals surface area contributed by atoms with Gasteiger partial charge in [0.25, 0.3) is 0 Å². The summed E-state index contributed by atoms with van der Waals surface area (Å²) in [6.45, 7) is -0.108. The number of thiazole rings is 1. The van der Waals surface area contributed by atoms with Crippen LogP contribution in [0.3, 0.4) is 0 Å². The number of alkyl halides is 2. The normalized spacial score (nSPS) is 12.6. The summed E-state index contributed by atoms with van der Waals surface area (Å²) in [4.78, 5) is 4.24. The van der Waals surface area contributed by atoms with Crippen molar-refractivity contribution in [2.75, 3.05) is 6.54 Å². The predicted molar refractivity (Wildman–Crippen MR) is 75.3 cm³/mol. The van der Waals surface area contributed by atoms with Crippen molar-refractivity contribution in [1.29, 1.82) is 0 Å². The summed E-state index contributed by atoms with van der Waals surface area (Å²) >= 11 is 1.55. The molecule has 1 aromatic carbocycles. The monoisotopic (exact) mass is 298 g/mol. The lowest BCUT2D eigenvalue weighted by molar-refractivity contribution is -0.0507. The van der Waals surface area contributed by atoms with Crippen molar-refractivity contribution in [2.24, 2.45) is 0 Å². The van der Waals surface area contributed by atoms with E-state index in [1.165, 1.54) is 0 Å². The Morgan fingerprint density at radius 1 is 1.35 bits per heavy atom. The van der Waals surface area contributed by atoms with E-state index in [4.69, 9.17) is 0 Å². The molecule has 1 heterocycles. The molecule has 1 atom stereocenters. The predicted octanol–water partition coefficient (Wildman–Crippen LogP) is 3.64. The van der Waals surface area contributed by atoms with Gasteiger partial charge in [-0.1, -0.05) is 25.1 Å². The first-order valence-corrected chi connectivity index (χ1v) is 7.24. The minimum atomic E-state index is -2.82. The molecular weight excluding hydrogens is 282 g/mol. The van der Waals surface area contributed by atoms with E-state index in [2.05, 4.69) is 15.0 Å². The molecule has 1 unspecified atom stereocenters. The smallest absolute Gasteiger partial charge is 0.387 e. The standard InChI is InChI=1S/C14H16F2N2OS/c1-2-17-11(9-13-18-7-8-20-13)10-5-3-4-6-12(10)19-14(15)16/h3-8,11,14,17H,2,9H2,1H3. The highest BCUT2D eigenvalue weighted by Gasteiger charge is 2.18. The third kappa shape index (κ3) is 3.98. The van der Waals surface area contributed by atoms with E-state index < -0.39 is 6.61 Å². The number of para-hydroxylation sites is 1. The third-order valence-corrected chi connectivity index (χ3v) is 3.63. The number of ether oxygens (including phenoxy) is 1. The van der Waals surface area contributed by atoms with Crippen molar-refractivity contribution >= 4 is 11.3 Å². The summed E-state index contributed by atoms with van der Waals surface area (Å²) in [6.07, 6.45) is 2.39. The molecular formula is C14H16F2N2OS. The molecule has 20 heavy (non-hydrogen) atoms. The molecule has 0 spiro atoms. The van der Waals surface area contributed by atoms with Gasteiger partial charge in [-0.2, -0.15) is 8.78 Å². The lowest BCUT2D eigenvalue weighted by atomic mass is 10.0. The minimum Gasteiger partial charge on any atom is -0.434 e. The second-order valence-electron chi connectivity index (χ2n) is 4.16. The van der Waals surface area contributed by atoms with Crippen LogP contribution in [-0.4, -0.2) is 18.1 Å². The number of hydrogen-bond acceptors (Lipinski definition) is 4. The zero-order chi connectivity index (χ0) is 14.4. The number of hydrogen-bond donors (Lipinski definition) is 1. The van der Waals surface area contributed by atoms with Crippen molar-refractivity contribution < 1.29 is 13.5 Å². The number of nitrogens with one attached hydrogen (secondary N) is 1. The molecule has 0 aliphatic carbocycles. The average molecular weight is 298 g/mol. The maximum atomic E-state index is 12.5. The Kier molecular flexibility index (Phi) is 5.43. The molecule has 0 aliphatic rings. The van der Waals surface area contributed by atoms with Gasteiger partial charge in [-0.05, 0) is 12.6 Å². The van der Waals surface area contributed by atoms with Gasteiger partial charge in [0, 0.05) is 29.6 Å². The molecule has 0 amide bonds. The minimum absolute atomic E-state index is 0.0962. The number of nitrogens with zero attached hydrogens (tertiary/aromatic N) is 1. The second kappa shape index (κ2) is 7.31. The van der Waals surface area contributed by atoms with E-state index in [-0.39, 0.29) is 11.8 Å². The maximum Gasteiger partial charge on any atom is 0.387 e. The first-order valence-electron chi connectivity index (χ1n) is 6.36. The van der Waals surface area contributed by atoms with Crippen molar-refractivity contribution in [3.63, 3.8) is 0 Å². The van der Waals surface area contributed by atoms with E-state index in [0.29, 0.717) is 6.42 Å². The summed E-state index contributed by atoms with van der Waals surface area (Å²) in [5.41, 5.74) is 0.727. The van der Waals surface area contributed by atoms with E-state index in [9.17, 15) is 8.78 Å². The molecule has 1 N–H and O–H groups in total. The summed E-state index contributed by atoms with van der Waals surface area (Å²) in [6, 6.07) is 6.78. The fraction of sp³-hybridized carbons (Fsp3) is 0.357. The number of halogens is 2. The molecule has 0 saturated carbocycles. The van der Waals surface area contributed by atoms with Gasteiger partial charge in [-0.25, -0.2) is 4.98 Å². The van der Waals surface area contributed by atoms with E-state index in [1.807, 2.05) is 18.4 Å². The fourth-order valence-corrected chi connectivity index (χ4v) is 2.70. The average Bonchev–Trinajstić information content (AvgIpc) is 2.91. The van der Waals surface area contributed by atoms with Gasteiger partial charge in [0.2, 0.25) is 0 Å². The van der Waals surface area contributed by atoms with Crippen molar-refractivity contribution in [3.05, 3.63) is 46.4 Å². The Labute approximate surface area is 120 Å². The highest BCUT2D eigenvalue weighted by molar-refractivity contribution is 7.09. The van der Waals surface area contributed by atoms with Crippen LogP contribution in [-0.2, 0) is 6.42 Å². The van der Waals surface area contributed by atoms with Gasteiger partial charge in [0.1, 0.15) is 5.75 Å². The van der Waals surface area contributed by atoms with Gasteiger partial charge < -0.3 is 10.1 Å². The first kappa shape index (κ1) is 14.9. The van der Waals surface area contributed by atoms with Crippen LogP contribution >= 0.6 is 11.3 Å². The van der Waals surface area contributed by atoms with Gasteiger partial charge in [0.05, 0.1) is 5.01 Å². The summed E-state index contributed by atoms with van der Waals surface area (Å²) < 4.78 is 29.5. The van der Waals surface area contributed by atoms with Crippen LogP contribution in [0.5, 0.6) is 5.75 Å². The molecule has 1 aromatic heterocycles. The quantitative estimate of drug-likeness (QED) is 0.847. The SMILES string of the molecule is CCNC(Cc1nccs1)c1ccccc1OC(F)F. The van der Waals surface area contributed by atoms with Crippen molar-refractivity contribution in [1.82, 2.24) is 10.3 Å². The molecule has 3 nitrogen and oxygen atoms in total. The fourth-order valence-electron chi connectivity index (χ4n) is 2.04. The molecule has 0 bridgehead atoms. The molecule has 0 radical (unpaired) electrons. The van der Waals surface area contributed by atoms with E-state index in [0.717, 1.165) is 17.1 Å². The molecule has 0 fully saturated rings.